The van der Waals surface area contributed by atoms with Gasteiger partial charge in [-0.05, 0) is 157 Å². The summed E-state index contributed by atoms with van der Waals surface area (Å²) in [6.45, 7) is 2.01. The van der Waals surface area contributed by atoms with E-state index >= 15 is 0 Å². The summed E-state index contributed by atoms with van der Waals surface area (Å²) in [5.41, 5.74) is 12.7. The molecule has 0 amide bonds. The highest BCUT2D eigenvalue weighted by Crippen LogP contribution is 2.40. The van der Waals surface area contributed by atoms with Gasteiger partial charge < -0.3 is 19.6 Å². The molecule has 1 N–H and O–H groups in total. The summed E-state index contributed by atoms with van der Waals surface area (Å²) in [4.78, 5) is 17.5. The Morgan fingerprint density at radius 2 is 0.746 bits per heavy atom. The van der Waals surface area contributed by atoms with Gasteiger partial charge in [0.25, 0.3) is 0 Å². The molecule has 0 radical (unpaired) electrons. The quantitative estimate of drug-likeness (QED) is 0.0928. The first kappa shape index (κ1) is 40.0. The minimum atomic E-state index is -0.0240. The van der Waals surface area contributed by atoms with Gasteiger partial charge in [-0.1, -0.05) is 121 Å². The fourth-order valence-corrected chi connectivity index (χ4v) is 7.62. The molecular formula is C58H44N2O3. The number of para-hydroxylation sites is 1. The van der Waals surface area contributed by atoms with Crippen molar-refractivity contribution in [3.8, 4) is 17.2 Å². The number of benzene rings is 9. The third kappa shape index (κ3) is 9.34. The van der Waals surface area contributed by atoms with Gasteiger partial charge in [0.1, 0.15) is 17.2 Å². The van der Waals surface area contributed by atoms with Gasteiger partial charge in [-0.25, -0.2) is 0 Å². The first-order valence-corrected chi connectivity index (χ1v) is 20.9. The van der Waals surface area contributed by atoms with E-state index in [1.54, 1.807) is 24.3 Å². The molecule has 0 unspecified atom stereocenters. The Bertz CT molecular complexity index is 2890. The molecule has 9 aromatic rings. The Kier molecular flexibility index (Phi) is 11.7. The fourth-order valence-electron chi connectivity index (χ4n) is 7.62. The van der Waals surface area contributed by atoms with Crippen molar-refractivity contribution in [3.05, 3.63) is 270 Å². The molecule has 0 aliphatic heterocycles. The van der Waals surface area contributed by atoms with E-state index in [0.717, 1.165) is 62.0 Å². The highest BCUT2D eigenvalue weighted by Gasteiger charge is 2.17. The van der Waals surface area contributed by atoms with Crippen LogP contribution in [0.5, 0.6) is 17.2 Å². The Morgan fingerprint density at radius 1 is 0.397 bits per heavy atom. The van der Waals surface area contributed by atoms with Crippen LogP contribution in [0, 0.1) is 6.92 Å². The monoisotopic (exact) mass is 816 g/mol. The van der Waals surface area contributed by atoms with Crippen LogP contribution in [0.1, 0.15) is 38.2 Å². The Morgan fingerprint density at radius 3 is 1.21 bits per heavy atom. The van der Waals surface area contributed by atoms with Crippen LogP contribution in [0.3, 0.4) is 0 Å². The molecule has 63 heavy (non-hydrogen) atoms. The van der Waals surface area contributed by atoms with Crippen molar-refractivity contribution < 1.29 is 14.6 Å². The number of hydrogen-bond acceptors (Lipinski definition) is 5. The Hall–Kier alpha value is -8.41. The summed E-state index contributed by atoms with van der Waals surface area (Å²) in [7, 11) is 0. The summed E-state index contributed by atoms with van der Waals surface area (Å²) < 4.78 is 6.28. The largest absolute Gasteiger partial charge is 0.508 e. The fraction of sp³-hybridized carbons (Fsp3) is 0.0172. The lowest BCUT2D eigenvalue weighted by atomic mass is 9.95. The molecule has 5 heteroatoms. The maximum Gasteiger partial charge on any atom is 0.193 e. The number of phenolic OH excluding ortho intramolecular Hbond substituents is 1. The van der Waals surface area contributed by atoms with E-state index in [0.29, 0.717) is 22.6 Å². The number of ketones is 1. The molecule has 9 aromatic carbocycles. The third-order valence-electron chi connectivity index (χ3n) is 10.9. The molecule has 0 aromatic heterocycles. The molecule has 0 bridgehead atoms. The number of anilines is 6. The van der Waals surface area contributed by atoms with Crippen LogP contribution in [0.25, 0.3) is 11.6 Å². The van der Waals surface area contributed by atoms with Gasteiger partial charge in [0.15, 0.2) is 5.78 Å². The van der Waals surface area contributed by atoms with Crippen LogP contribution in [0.2, 0.25) is 0 Å². The first-order valence-electron chi connectivity index (χ1n) is 20.9. The highest BCUT2D eigenvalue weighted by molar-refractivity contribution is 6.09. The number of aryl methyl sites for hydroxylation is 1. The topological polar surface area (TPSA) is 53.0 Å². The lowest BCUT2D eigenvalue weighted by Crippen LogP contribution is -2.12. The van der Waals surface area contributed by atoms with Gasteiger partial charge in [-0.2, -0.15) is 0 Å². The van der Waals surface area contributed by atoms with Crippen molar-refractivity contribution in [2.45, 2.75) is 6.92 Å². The number of rotatable bonds is 13. The summed E-state index contributed by atoms with van der Waals surface area (Å²) in [5.74, 6) is 1.51. The number of ether oxygens (including phenoxy) is 1. The normalized spacial score (nSPS) is 10.7. The second kappa shape index (κ2) is 18.5. The van der Waals surface area contributed by atoms with Crippen LogP contribution in [0.4, 0.5) is 34.1 Å². The molecule has 9 rings (SSSR count). The minimum absolute atomic E-state index is 0.0240. The molecule has 0 aliphatic carbocycles. The molecule has 5 nitrogen and oxygen atoms in total. The van der Waals surface area contributed by atoms with Crippen LogP contribution in [0.15, 0.2) is 237 Å². The van der Waals surface area contributed by atoms with E-state index < -0.39 is 0 Å². The second-order valence-corrected chi connectivity index (χ2v) is 15.2. The van der Waals surface area contributed by atoms with Gasteiger partial charge >= 0.3 is 0 Å². The number of carbonyl (C=O) groups is 1. The van der Waals surface area contributed by atoms with Gasteiger partial charge in [-0.15, -0.1) is 0 Å². The Balaban J connectivity index is 1.04. The van der Waals surface area contributed by atoms with Crippen LogP contribution in [-0.4, -0.2) is 10.9 Å². The zero-order valence-corrected chi connectivity index (χ0v) is 34.8. The minimum Gasteiger partial charge on any atom is -0.508 e. The third-order valence-corrected chi connectivity index (χ3v) is 10.9. The van der Waals surface area contributed by atoms with E-state index in [-0.39, 0.29) is 11.5 Å². The number of phenols is 1. The predicted octanol–water partition coefficient (Wildman–Crippen LogP) is 15.3. The van der Waals surface area contributed by atoms with Gasteiger partial charge in [0.2, 0.25) is 0 Å². The smallest absolute Gasteiger partial charge is 0.193 e. The zero-order chi connectivity index (χ0) is 43.0. The van der Waals surface area contributed by atoms with Crippen molar-refractivity contribution in [3.63, 3.8) is 0 Å². The number of hydrogen-bond donors (Lipinski definition) is 1. The molecule has 0 saturated carbocycles. The van der Waals surface area contributed by atoms with E-state index in [9.17, 15) is 9.90 Å². The maximum absolute atomic E-state index is 13.1. The summed E-state index contributed by atoms with van der Waals surface area (Å²) in [5, 5.41) is 10.1. The highest BCUT2D eigenvalue weighted by atomic mass is 16.5. The summed E-state index contributed by atoms with van der Waals surface area (Å²) in [6, 6.07) is 78.5. The first-order chi connectivity index (χ1) is 30.9. The lowest BCUT2D eigenvalue weighted by molar-refractivity contribution is 0.103. The molecule has 0 heterocycles. The SMILES string of the molecule is Cc1ccc(C(=O)c2ccc(Oc3ccc(N(c4ccc(C=C(c5ccccc5)c5ccccc5)cc4)c4ccc(N(c5ccccc5)c5ccc(O)cc5)cc4)cc3)cc2)cc1. The predicted molar refractivity (Wildman–Crippen MR) is 258 cm³/mol. The average Bonchev–Trinajstić information content (AvgIpc) is 3.34. The van der Waals surface area contributed by atoms with Crippen molar-refractivity contribution in [2.24, 2.45) is 0 Å². The molecule has 0 aliphatic rings. The summed E-state index contributed by atoms with van der Waals surface area (Å²) in [6.07, 6.45) is 2.24. The zero-order valence-electron chi connectivity index (χ0n) is 34.8. The van der Waals surface area contributed by atoms with E-state index in [2.05, 4.69) is 137 Å². The van der Waals surface area contributed by atoms with Crippen molar-refractivity contribution >= 4 is 51.6 Å². The van der Waals surface area contributed by atoms with E-state index in [1.165, 1.54) is 0 Å². The lowest BCUT2D eigenvalue weighted by Gasteiger charge is -2.28. The number of carbonyl (C=O) groups excluding carboxylic acids is 1. The van der Waals surface area contributed by atoms with Crippen molar-refractivity contribution in [2.75, 3.05) is 9.80 Å². The van der Waals surface area contributed by atoms with Gasteiger partial charge in [0.05, 0.1) is 0 Å². The molecule has 0 fully saturated rings. The van der Waals surface area contributed by atoms with Crippen molar-refractivity contribution in [1.82, 2.24) is 0 Å². The van der Waals surface area contributed by atoms with Crippen LogP contribution >= 0.6 is 0 Å². The molecule has 304 valence electrons. The van der Waals surface area contributed by atoms with Gasteiger partial charge in [-0.3, -0.25) is 4.79 Å². The molecule has 0 spiro atoms. The number of aromatic hydroxyl groups is 1. The second-order valence-electron chi connectivity index (χ2n) is 15.2. The molecule has 0 atom stereocenters. The van der Waals surface area contributed by atoms with Gasteiger partial charge in [0, 0.05) is 45.3 Å². The number of nitrogens with zero attached hydrogens (tertiary/aromatic N) is 2. The van der Waals surface area contributed by atoms with E-state index in [4.69, 9.17) is 4.74 Å². The van der Waals surface area contributed by atoms with Crippen LogP contribution in [-0.2, 0) is 0 Å². The average molecular weight is 817 g/mol. The molecular weight excluding hydrogens is 773 g/mol. The van der Waals surface area contributed by atoms with Crippen molar-refractivity contribution in [1.29, 1.82) is 0 Å². The Labute approximate surface area is 368 Å². The van der Waals surface area contributed by atoms with E-state index in [1.807, 2.05) is 97.9 Å². The maximum atomic E-state index is 13.1. The summed E-state index contributed by atoms with van der Waals surface area (Å²) >= 11 is 0. The standard InChI is InChI=1S/C58H44N2O3/c1-42-17-21-46(22-18-42)58(62)47-23-37-55(38-24-47)63-56-39-33-53(34-40-56)60(49-25-19-43(20-26-49)41-57(44-11-5-2-6-12-44)45-13-7-3-8-14-45)51-29-27-50(28-30-51)59(48-15-9-4-10-16-48)52-31-35-54(61)36-32-52/h2-41,61H,1H3. The molecule has 0 saturated heterocycles. The van der Waals surface area contributed by atoms with Crippen LogP contribution < -0.4 is 14.5 Å².